The Balaban J connectivity index is 2.17. The van der Waals surface area contributed by atoms with Crippen LogP contribution in [0.3, 0.4) is 0 Å². The number of nitro benzene ring substituents is 1. The molecule has 0 aliphatic heterocycles. The van der Waals surface area contributed by atoms with Gasteiger partial charge in [0.1, 0.15) is 6.61 Å². The van der Waals surface area contributed by atoms with Gasteiger partial charge in [-0.3, -0.25) is 14.9 Å². The first kappa shape index (κ1) is 22.9. The van der Waals surface area contributed by atoms with Gasteiger partial charge in [0, 0.05) is 19.0 Å². The quantitative estimate of drug-likeness (QED) is 0.165. The topological polar surface area (TPSA) is 126 Å². The normalized spacial score (nSPS) is 10.0. The maximum atomic E-state index is 11.7. The number of ether oxygens (including phenoxy) is 4. The van der Waals surface area contributed by atoms with Crippen LogP contribution >= 0.6 is 0 Å². The van der Waals surface area contributed by atoms with Gasteiger partial charge in [-0.1, -0.05) is 6.58 Å². The van der Waals surface area contributed by atoms with Crippen LogP contribution in [0.4, 0.5) is 5.69 Å². The molecule has 10 heteroatoms. The zero-order valence-electron chi connectivity index (χ0n) is 15.6. The molecule has 1 radical (unpaired) electrons. The number of esters is 1. The van der Waals surface area contributed by atoms with Crippen molar-refractivity contribution in [2.75, 3.05) is 40.1 Å². The molecule has 1 rings (SSSR count). The lowest BCUT2D eigenvalue weighted by Crippen LogP contribution is -2.27. The molecular weight excluding hydrogens is 372 g/mol. The Morgan fingerprint density at radius 3 is 2.75 bits per heavy atom. The van der Waals surface area contributed by atoms with Gasteiger partial charge < -0.3 is 24.3 Å². The van der Waals surface area contributed by atoms with Gasteiger partial charge in [0.05, 0.1) is 44.0 Å². The number of rotatable bonds is 14. The number of carbonyl (C=O) groups excluding carboxylic acids is 2. The van der Waals surface area contributed by atoms with Crippen molar-refractivity contribution in [2.45, 2.75) is 12.8 Å². The van der Waals surface area contributed by atoms with E-state index in [2.05, 4.69) is 18.0 Å². The van der Waals surface area contributed by atoms with Crippen LogP contribution in [0.15, 0.2) is 24.8 Å². The first-order valence-electron chi connectivity index (χ1n) is 8.48. The van der Waals surface area contributed by atoms with E-state index in [0.717, 1.165) is 6.08 Å². The van der Waals surface area contributed by atoms with Crippen LogP contribution in [0.1, 0.15) is 12.8 Å². The molecule has 1 aromatic rings. The van der Waals surface area contributed by atoms with Crippen LogP contribution in [-0.2, 0) is 19.1 Å². The second kappa shape index (κ2) is 13.1. The van der Waals surface area contributed by atoms with Crippen molar-refractivity contribution in [3.8, 4) is 11.5 Å². The Bertz CT molecular complexity index is 678. The number of benzene rings is 1. The molecule has 0 heterocycles. The smallest absolute Gasteiger partial charge is 0.330 e. The highest BCUT2D eigenvalue weighted by Gasteiger charge is 2.13. The van der Waals surface area contributed by atoms with Crippen molar-refractivity contribution in [1.82, 2.24) is 5.32 Å². The average molecular weight is 395 g/mol. The van der Waals surface area contributed by atoms with Crippen LogP contribution in [0.25, 0.3) is 0 Å². The molecule has 0 saturated heterocycles. The number of hydrogen-bond donors (Lipinski definition) is 1. The van der Waals surface area contributed by atoms with Crippen molar-refractivity contribution >= 4 is 17.6 Å². The summed E-state index contributed by atoms with van der Waals surface area (Å²) in [7, 11) is 1.42. The van der Waals surface area contributed by atoms with E-state index in [4.69, 9.17) is 18.9 Å². The molecule has 0 spiro atoms. The summed E-state index contributed by atoms with van der Waals surface area (Å²) in [4.78, 5) is 32.7. The molecule has 0 fully saturated rings. The number of non-ortho nitro benzene ring substituents is 1. The van der Waals surface area contributed by atoms with Crippen LogP contribution in [0.5, 0.6) is 11.5 Å². The standard InChI is InChI=1S/C18H23N2O8/c1-3-18(22)28-12-11-26-10-8-19-17(21)5-4-9-27-16-13-14(20(23)24)6-7-15(16)25-2/h3,7,13H,1,4-5,8-12H2,2H3,(H,19,21). The van der Waals surface area contributed by atoms with Crippen molar-refractivity contribution in [3.63, 3.8) is 0 Å². The van der Waals surface area contributed by atoms with Crippen molar-refractivity contribution in [2.24, 2.45) is 0 Å². The Hall–Kier alpha value is -3.14. The summed E-state index contributed by atoms with van der Waals surface area (Å²) in [5, 5.41) is 13.5. The minimum Gasteiger partial charge on any atom is -0.493 e. The highest BCUT2D eigenvalue weighted by atomic mass is 16.6. The second-order valence-corrected chi connectivity index (χ2v) is 5.29. The van der Waals surface area contributed by atoms with Gasteiger partial charge in [0.15, 0.2) is 11.5 Å². The van der Waals surface area contributed by atoms with Crippen LogP contribution in [0, 0.1) is 16.2 Å². The van der Waals surface area contributed by atoms with Crippen molar-refractivity contribution in [1.29, 1.82) is 0 Å². The Labute approximate surface area is 162 Å². The first-order valence-corrected chi connectivity index (χ1v) is 8.48. The zero-order chi connectivity index (χ0) is 20.8. The van der Waals surface area contributed by atoms with Crippen LogP contribution in [-0.4, -0.2) is 56.9 Å². The van der Waals surface area contributed by atoms with Gasteiger partial charge in [-0.25, -0.2) is 4.79 Å². The molecule has 28 heavy (non-hydrogen) atoms. The van der Waals surface area contributed by atoms with E-state index in [1.165, 1.54) is 19.2 Å². The van der Waals surface area contributed by atoms with Gasteiger partial charge >= 0.3 is 5.97 Å². The molecule has 1 N–H and O–H groups in total. The van der Waals surface area contributed by atoms with Crippen LogP contribution in [0.2, 0.25) is 0 Å². The molecule has 0 saturated carbocycles. The predicted octanol–water partition coefficient (Wildman–Crippen LogP) is 1.42. The van der Waals surface area contributed by atoms with Gasteiger partial charge in [-0.15, -0.1) is 0 Å². The maximum Gasteiger partial charge on any atom is 0.330 e. The highest BCUT2D eigenvalue weighted by molar-refractivity contribution is 5.81. The lowest BCUT2D eigenvalue weighted by Gasteiger charge is -2.10. The van der Waals surface area contributed by atoms with E-state index in [9.17, 15) is 19.7 Å². The van der Waals surface area contributed by atoms with Crippen molar-refractivity contribution < 1.29 is 33.5 Å². The summed E-state index contributed by atoms with van der Waals surface area (Å²) in [6.45, 7) is 4.42. The highest BCUT2D eigenvalue weighted by Crippen LogP contribution is 2.30. The van der Waals surface area contributed by atoms with Gasteiger partial charge in [0.2, 0.25) is 5.91 Å². The first-order chi connectivity index (χ1) is 13.5. The fraction of sp³-hybridized carbons (Fsp3) is 0.444. The van der Waals surface area contributed by atoms with E-state index >= 15 is 0 Å². The monoisotopic (exact) mass is 395 g/mol. The van der Waals surface area contributed by atoms with E-state index in [-0.39, 0.29) is 50.2 Å². The third kappa shape index (κ3) is 8.99. The Morgan fingerprint density at radius 1 is 1.29 bits per heavy atom. The fourth-order valence-electron chi connectivity index (χ4n) is 1.95. The molecule has 0 aliphatic carbocycles. The third-order valence-corrected chi connectivity index (χ3v) is 3.29. The molecular formula is C18H23N2O8. The molecule has 10 nitrogen and oxygen atoms in total. The molecule has 0 aromatic heterocycles. The maximum absolute atomic E-state index is 11.7. The van der Waals surface area contributed by atoms with Crippen molar-refractivity contribution in [3.05, 3.63) is 41.0 Å². The van der Waals surface area contributed by atoms with Crippen LogP contribution < -0.4 is 14.8 Å². The SMILES string of the molecule is C=CC(=O)OCCOCCNC(=O)CCCOc1cc([N+](=O)[O-])[c]cc1OC. The second-order valence-electron chi connectivity index (χ2n) is 5.29. The molecule has 0 atom stereocenters. The lowest BCUT2D eigenvalue weighted by atomic mass is 10.2. The number of methoxy groups -OCH3 is 1. The average Bonchev–Trinajstić information content (AvgIpc) is 2.69. The summed E-state index contributed by atoms with van der Waals surface area (Å²) in [6.07, 6.45) is 1.71. The number of nitrogens with one attached hydrogen (secondary N) is 1. The van der Waals surface area contributed by atoms with E-state index in [0.29, 0.717) is 18.7 Å². The third-order valence-electron chi connectivity index (χ3n) is 3.29. The van der Waals surface area contributed by atoms with E-state index < -0.39 is 10.9 Å². The number of nitrogens with zero attached hydrogens (tertiary/aromatic N) is 1. The molecule has 1 aromatic carbocycles. The Morgan fingerprint density at radius 2 is 2.07 bits per heavy atom. The summed E-state index contributed by atoms with van der Waals surface area (Å²) in [6, 6.07) is 5.03. The number of amides is 1. The molecule has 0 aliphatic rings. The summed E-state index contributed by atoms with van der Waals surface area (Å²) >= 11 is 0. The number of hydrogen-bond acceptors (Lipinski definition) is 8. The summed E-state index contributed by atoms with van der Waals surface area (Å²) in [5.74, 6) is -0.144. The van der Waals surface area contributed by atoms with Gasteiger partial charge in [0.25, 0.3) is 5.69 Å². The summed E-state index contributed by atoms with van der Waals surface area (Å²) < 4.78 is 20.5. The van der Waals surface area contributed by atoms with Gasteiger partial charge in [-0.2, -0.15) is 0 Å². The lowest BCUT2D eigenvalue weighted by molar-refractivity contribution is -0.385. The fourth-order valence-corrected chi connectivity index (χ4v) is 1.95. The minimum absolute atomic E-state index is 0.120. The molecule has 0 bridgehead atoms. The molecule has 1 amide bonds. The minimum atomic E-state index is -0.578. The molecule has 0 unspecified atom stereocenters. The zero-order valence-corrected chi connectivity index (χ0v) is 15.6. The Kier molecular flexibility index (Phi) is 10.7. The largest absolute Gasteiger partial charge is 0.493 e. The number of nitro groups is 1. The molecule has 153 valence electrons. The van der Waals surface area contributed by atoms with E-state index in [1.54, 1.807) is 0 Å². The summed E-state index contributed by atoms with van der Waals surface area (Å²) in [5.41, 5.74) is -0.229. The van der Waals surface area contributed by atoms with E-state index in [1.807, 2.05) is 0 Å². The number of carbonyl (C=O) groups is 2. The predicted molar refractivity (Wildman–Crippen MR) is 98.2 cm³/mol. The van der Waals surface area contributed by atoms with Gasteiger partial charge in [-0.05, 0) is 12.5 Å².